The molecule has 0 spiro atoms. The molecule has 0 unspecified atom stereocenters. The quantitative estimate of drug-likeness (QED) is 0.494. The smallest absolute Gasteiger partial charge is 0.166 e. The van der Waals surface area contributed by atoms with Gasteiger partial charge in [0.25, 0.3) is 0 Å². The number of alkyl halides is 3. The van der Waals surface area contributed by atoms with Gasteiger partial charge in [-0.15, -0.1) is 0 Å². The molecule has 1 aliphatic rings. The lowest BCUT2D eigenvalue weighted by atomic mass is 9.93. The van der Waals surface area contributed by atoms with Crippen molar-refractivity contribution in [2.24, 2.45) is 0 Å². The fourth-order valence-corrected chi connectivity index (χ4v) is 1.18. The van der Waals surface area contributed by atoms with E-state index in [-0.39, 0.29) is 6.42 Å². The van der Waals surface area contributed by atoms with Gasteiger partial charge in [0.2, 0.25) is 0 Å². The van der Waals surface area contributed by atoms with Gasteiger partial charge in [0.1, 0.15) is 0 Å². The van der Waals surface area contributed by atoms with E-state index in [1.807, 2.05) is 6.92 Å². The Kier molecular flexibility index (Phi) is 2.31. The molecule has 0 radical (unpaired) electrons. The lowest BCUT2D eigenvalue weighted by Gasteiger charge is -2.18. The summed E-state index contributed by atoms with van der Waals surface area (Å²) in [5, 5.41) is 0. The number of allylic oxidation sites excluding steroid dienone is 4. The second-order valence-electron chi connectivity index (χ2n) is 3.17. The van der Waals surface area contributed by atoms with Gasteiger partial charge < -0.3 is 0 Å². The van der Waals surface area contributed by atoms with Gasteiger partial charge in [-0.05, 0) is 26.7 Å². The van der Waals surface area contributed by atoms with E-state index in [4.69, 9.17) is 0 Å². The molecule has 0 heterocycles. The molecule has 0 aromatic carbocycles. The average Bonchev–Trinajstić information content (AvgIpc) is 1.92. The van der Waals surface area contributed by atoms with Crippen molar-refractivity contribution in [3.05, 3.63) is 22.8 Å². The Hall–Kier alpha value is -0.730. The normalized spacial score (nSPS) is 19.6. The van der Waals surface area contributed by atoms with Gasteiger partial charge in [-0.25, -0.2) is 0 Å². The fourth-order valence-electron chi connectivity index (χ4n) is 1.18. The van der Waals surface area contributed by atoms with Crippen LogP contribution in [0.3, 0.4) is 0 Å². The Morgan fingerprint density at radius 1 is 1.17 bits per heavy atom. The molecule has 0 saturated carbocycles. The SMILES string of the molecule is CC1=C(C)CC(C(F)(F)F)=CC1. The Labute approximate surface area is 69.8 Å². The van der Waals surface area contributed by atoms with E-state index >= 15 is 0 Å². The van der Waals surface area contributed by atoms with Crippen LogP contribution < -0.4 is 0 Å². The predicted octanol–water partition coefficient (Wildman–Crippen LogP) is 3.61. The van der Waals surface area contributed by atoms with E-state index in [1.165, 1.54) is 6.08 Å². The summed E-state index contributed by atoms with van der Waals surface area (Å²) in [6.07, 6.45) is -2.35. The van der Waals surface area contributed by atoms with Crippen molar-refractivity contribution in [1.29, 1.82) is 0 Å². The van der Waals surface area contributed by atoms with Crippen LogP contribution in [0.15, 0.2) is 22.8 Å². The van der Waals surface area contributed by atoms with Gasteiger partial charge >= 0.3 is 6.18 Å². The Morgan fingerprint density at radius 2 is 1.75 bits per heavy atom. The summed E-state index contributed by atoms with van der Waals surface area (Å²) < 4.78 is 36.5. The molecule has 0 saturated heterocycles. The van der Waals surface area contributed by atoms with Crippen molar-refractivity contribution in [3.8, 4) is 0 Å². The molecule has 0 amide bonds. The van der Waals surface area contributed by atoms with Crippen LogP contribution in [0.5, 0.6) is 0 Å². The van der Waals surface area contributed by atoms with Gasteiger partial charge in [-0.2, -0.15) is 13.2 Å². The van der Waals surface area contributed by atoms with Crippen LogP contribution in [0.1, 0.15) is 26.7 Å². The monoisotopic (exact) mass is 176 g/mol. The van der Waals surface area contributed by atoms with Crippen molar-refractivity contribution in [2.45, 2.75) is 32.9 Å². The van der Waals surface area contributed by atoms with Crippen molar-refractivity contribution in [1.82, 2.24) is 0 Å². The van der Waals surface area contributed by atoms with E-state index in [9.17, 15) is 13.2 Å². The zero-order valence-corrected chi connectivity index (χ0v) is 7.13. The van der Waals surface area contributed by atoms with Gasteiger partial charge in [0.15, 0.2) is 0 Å². The van der Waals surface area contributed by atoms with E-state index in [1.54, 1.807) is 6.92 Å². The number of hydrogen-bond donors (Lipinski definition) is 0. The lowest BCUT2D eigenvalue weighted by molar-refractivity contribution is -0.0936. The first kappa shape index (κ1) is 9.36. The molecule has 0 aromatic rings. The number of hydrogen-bond acceptors (Lipinski definition) is 0. The minimum Gasteiger partial charge on any atom is -0.166 e. The maximum absolute atomic E-state index is 12.2. The largest absolute Gasteiger partial charge is 0.412 e. The Bertz CT molecular complexity index is 243. The summed E-state index contributed by atoms with van der Waals surface area (Å²) in [4.78, 5) is 0. The molecule has 0 fully saturated rings. The topological polar surface area (TPSA) is 0 Å². The van der Waals surface area contributed by atoms with Crippen LogP contribution >= 0.6 is 0 Å². The Balaban J connectivity index is 2.77. The molecule has 0 bridgehead atoms. The van der Waals surface area contributed by atoms with Gasteiger partial charge in [0.05, 0.1) is 0 Å². The highest BCUT2D eigenvalue weighted by molar-refractivity contribution is 5.28. The zero-order chi connectivity index (χ0) is 9.35. The minimum atomic E-state index is -4.14. The summed E-state index contributed by atoms with van der Waals surface area (Å²) >= 11 is 0. The highest BCUT2D eigenvalue weighted by atomic mass is 19.4. The van der Waals surface area contributed by atoms with Crippen LogP contribution in [-0.4, -0.2) is 6.18 Å². The standard InChI is InChI=1S/C9H11F3/c1-6-3-4-8(5-7(6)2)9(10,11)12/h4H,3,5H2,1-2H3. The average molecular weight is 176 g/mol. The lowest BCUT2D eigenvalue weighted by Crippen LogP contribution is -2.14. The second-order valence-corrected chi connectivity index (χ2v) is 3.17. The van der Waals surface area contributed by atoms with Crippen LogP contribution in [0, 0.1) is 0 Å². The molecule has 0 aromatic heterocycles. The maximum atomic E-state index is 12.2. The summed E-state index contributed by atoms with van der Waals surface area (Å²) in [6.45, 7) is 3.63. The van der Waals surface area contributed by atoms with Crippen LogP contribution in [-0.2, 0) is 0 Å². The number of rotatable bonds is 0. The van der Waals surface area contributed by atoms with E-state index in [0.29, 0.717) is 6.42 Å². The van der Waals surface area contributed by atoms with E-state index in [2.05, 4.69) is 0 Å². The fraction of sp³-hybridized carbons (Fsp3) is 0.556. The second kappa shape index (κ2) is 2.96. The minimum absolute atomic E-state index is 0.0648. The first-order valence-corrected chi connectivity index (χ1v) is 3.82. The van der Waals surface area contributed by atoms with Crippen molar-refractivity contribution in [2.75, 3.05) is 0 Å². The van der Waals surface area contributed by atoms with Crippen molar-refractivity contribution >= 4 is 0 Å². The molecule has 0 N–H and O–H groups in total. The Morgan fingerprint density at radius 3 is 2.17 bits per heavy atom. The third-order valence-corrected chi connectivity index (χ3v) is 2.20. The summed E-state index contributed by atoms with van der Waals surface area (Å²) in [7, 11) is 0. The van der Waals surface area contributed by atoms with Gasteiger partial charge in [0, 0.05) is 5.57 Å². The van der Waals surface area contributed by atoms with Gasteiger partial charge in [-0.1, -0.05) is 17.2 Å². The third-order valence-electron chi connectivity index (χ3n) is 2.20. The zero-order valence-electron chi connectivity index (χ0n) is 7.13. The molecule has 0 aliphatic heterocycles. The molecular formula is C9H11F3. The molecule has 3 heteroatoms. The van der Waals surface area contributed by atoms with Crippen LogP contribution in [0.25, 0.3) is 0 Å². The summed E-state index contributed by atoms with van der Waals surface area (Å²) in [5.74, 6) is 0. The summed E-state index contributed by atoms with van der Waals surface area (Å²) in [5.41, 5.74) is 1.51. The van der Waals surface area contributed by atoms with Crippen molar-refractivity contribution in [3.63, 3.8) is 0 Å². The molecule has 68 valence electrons. The van der Waals surface area contributed by atoms with Crippen molar-refractivity contribution < 1.29 is 13.2 Å². The molecule has 0 nitrogen and oxygen atoms in total. The number of halogens is 3. The van der Waals surface area contributed by atoms with E-state index in [0.717, 1.165) is 11.1 Å². The highest BCUT2D eigenvalue weighted by Gasteiger charge is 2.34. The molecule has 12 heavy (non-hydrogen) atoms. The molecule has 1 aliphatic carbocycles. The predicted molar refractivity (Wildman–Crippen MR) is 41.7 cm³/mol. The first-order chi connectivity index (χ1) is 5.41. The first-order valence-electron chi connectivity index (χ1n) is 3.82. The van der Waals surface area contributed by atoms with Gasteiger partial charge in [-0.3, -0.25) is 0 Å². The molecule has 1 rings (SSSR count). The van der Waals surface area contributed by atoms with E-state index < -0.39 is 11.7 Å². The van der Waals surface area contributed by atoms with Crippen LogP contribution in [0.2, 0.25) is 0 Å². The molecular weight excluding hydrogens is 165 g/mol. The van der Waals surface area contributed by atoms with Crippen LogP contribution in [0.4, 0.5) is 13.2 Å². The summed E-state index contributed by atoms with van der Waals surface area (Å²) in [6, 6.07) is 0. The maximum Gasteiger partial charge on any atom is 0.412 e. The highest BCUT2D eigenvalue weighted by Crippen LogP contribution is 2.35. The third kappa shape index (κ3) is 1.90. The molecule has 0 atom stereocenters.